The average molecular weight is 299 g/mol. The van der Waals surface area contributed by atoms with Crippen molar-refractivity contribution in [1.29, 1.82) is 0 Å². The van der Waals surface area contributed by atoms with Gasteiger partial charge in [-0.3, -0.25) is 9.48 Å². The molecule has 0 radical (unpaired) electrons. The zero-order valence-corrected chi connectivity index (χ0v) is 13.0. The summed E-state index contributed by atoms with van der Waals surface area (Å²) in [6.45, 7) is 1.56. The summed E-state index contributed by atoms with van der Waals surface area (Å²) in [5.41, 5.74) is 0.700. The van der Waals surface area contributed by atoms with Gasteiger partial charge in [0.2, 0.25) is 0 Å². The Morgan fingerprint density at radius 1 is 1.41 bits per heavy atom. The van der Waals surface area contributed by atoms with Crippen molar-refractivity contribution in [2.45, 2.75) is 25.4 Å². The van der Waals surface area contributed by atoms with Crippen LogP contribution in [0.25, 0.3) is 0 Å². The maximum absolute atomic E-state index is 12.8. The minimum atomic E-state index is 0.0835. The summed E-state index contributed by atoms with van der Waals surface area (Å²) >= 11 is 0. The van der Waals surface area contributed by atoms with E-state index in [1.54, 1.807) is 18.5 Å². The SMILES string of the molecule is CN(C)c1cc(C(=O)N2CCC[C@@H]2Cn2cccn2)ccn1. The summed E-state index contributed by atoms with van der Waals surface area (Å²) in [5, 5.41) is 4.25. The number of likely N-dealkylation sites (tertiary alicyclic amines) is 1. The Balaban J connectivity index is 1.77. The number of anilines is 1. The third-order valence-corrected chi connectivity index (χ3v) is 4.05. The molecule has 1 aliphatic rings. The molecule has 3 rings (SSSR count). The summed E-state index contributed by atoms with van der Waals surface area (Å²) in [4.78, 5) is 21.0. The van der Waals surface area contributed by atoms with E-state index in [4.69, 9.17) is 0 Å². The van der Waals surface area contributed by atoms with Gasteiger partial charge in [0.05, 0.1) is 12.6 Å². The van der Waals surface area contributed by atoms with Crippen LogP contribution < -0.4 is 4.90 Å². The van der Waals surface area contributed by atoms with Gasteiger partial charge in [-0.15, -0.1) is 0 Å². The van der Waals surface area contributed by atoms with Gasteiger partial charge >= 0.3 is 0 Å². The molecule has 0 aliphatic carbocycles. The van der Waals surface area contributed by atoms with Crippen LogP contribution in [0.2, 0.25) is 0 Å². The van der Waals surface area contributed by atoms with Crippen molar-refractivity contribution >= 4 is 11.7 Å². The minimum absolute atomic E-state index is 0.0835. The van der Waals surface area contributed by atoms with Gasteiger partial charge in [0, 0.05) is 44.8 Å². The van der Waals surface area contributed by atoms with E-state index in [2.05, 4.69) is 10.1 Å². The first-order chi connectivity index (χ1) is 10.6. The number of hydrogen-bond donors (Lipinski definition) is 0. The van der Waals surface area contributed by atoms with Crippen LogP contribution in [0.1, 0.15) is 23.2 Å². The Bertz CT molecular complexity index is 638. The second-order valence-electron chi connectivity index (χ2n) is 5.82. The molecule has 0 aromatic carbocycles. The molecule has 116 valence electrons. The molecule has 2 aromatic rings. The first-order valence-corrected chi connectivity index (χ1v) is 7.57. The average Bonchev–Trinajstić information content (AvgIpc) is 3.19. The molecule has 0 unspecified atom stereocenters. The Morgan fingerprint density at radius 3 is 3.00 bits per heavy atom. The van der Waals surface area contributed by atoms with Crippen LogP contribution in [-0.2, 0) is 6.54 Å². The zero-order valence-electron chi connectivity index (χ0n) is 13.0. The summed E-state index contributed by atoms with van der Waals surface area (Å²) < 4.78 is 1.90. The topological polar surface area (TPSA) is 54.3 Å². The monoisotopic (exact) mass is 299 g/mol. The fraction of sp³-hybridized carbons (Fsp3) is 0.438. The molecule has 0 bridgehead atoms. The van der Waals surface area contributed by atoms with E-state index in [0.29, 0.717) is 5.56 Å². The molecule has 1 atom stereocenters. The molecule has 0 saturated carbocycles. The lowest BCUT2D eigenvalue weighted by Gasteiger charge is -2.25. The van der Waals surface area contributed by atoms with Crippen LogP contribution in [-0.4, -0.2) is 52.3 Å². The van der Waals surface area contributed by atoms with Crippen molar-refractivity contribution in [2.24, 2.45) is 0 Å². The molecule has 1 saturated heterocycles. The number of pyridine rings is 1. The second kappa shape index (κ2) is 6.17. The second-order valence-corrected chi connectivity index (χ2v) is 5.82. The summed E-state index contributed by atoms with van der Waals surface area (Å²) in [5.74, 6) is 0.883. The number of amides is 1. The molecule has 22 heavy (non-hydrogen) atoms. The highest BCUT2D eigenvalue weighted by atomic mass is 16.2. The molecular weight excluding hydrogens is 278 g/mol. The lowest BCUT2D eigenvalue weighted by Crippen LogP contribution is -2.38. The van der Waals surface area contributed by atoms with Gasteiger partial charge in [-0.1, -0.05) is 0 Å². The van der Waals surface area contributed by atoms with E-state index in [9.17, 15) is 4.79 Å². The van der Waals surface area contributed by atoms with Crippen LogP contribution in [0.5, 0.6) is 0 Å². The van der Waals surface area contributed by atoms with Gasteiger partial charge in [0.15, 0.2) is 0 Å². The standard InChI is InChI=1S/C16H21N5O/c1-19(2)15-11-13(6-8-17-15)16(22)21-10-3-5-14(21)12-20-9-4-7-18-20/h4,6-9,11,14H,3,5,10,12H2,1-2H3/t14-/m1/s1. The molecule has 6 nitrogen and oxygen atoms in total. The van der Waals surface area contributed by atoms with Gasteiger partial charge in [0.25, 0.3) is 5.91 Å². The van der Waals surface area contributed by atoms with Crippen molar-refractivity contribution in [1.82, 2.24) is 19.7 Å². The normalized spacial score (nSPS) is 17.7. The summed E-state index contributed by atoms with van der Waals surface area (Å²) in [6, 6.07) is 5.76. The van der Waals surface area contributed by atoms with Crippen LogP contribution in [0, 0.1) is 0 Å². The molecule has 2 aromatic heterocycles. The lowest BCUT2D eigenvalue weighted by atomic mass is 10.2. The van der Waals surface area contributed by atoms with Gasteiger partial charge < -0.3 is 9.80 Å². The molecule has 1 amide bonds. The molecule has 6 heteroatoms. The summed E-state index contributed by atoms with van der Waals surface area (Å²) in [7, 11) is 3.85. The van der Waals surface area contributed by atoms with Gasteiger partial charge in [0.1, 0.15) is 5.82 Å². The Hall–Kier alpha value is -2.37. The highest BCUT2D eigenvalue weighted by Gasteiger charge is 2.30. The Labute approximate surface area is 130 Å². The van der Waals surface area contributed by atoms with Gasteiger partial charge in [-0.05, 0) is 31.0 Å². The molecule has 3 heterocycles. The predicted octanol–water partition coefficient (Wildman–Crippen LogP) is 1.65. The quantitative estimate of drug-likeness (QED) is 0.861. The van der Waals surface area contributed by atoms with E-state index < -0.39 is 0 Å². The van der Waals surface area contributed by atoms with E-state index in [1.165, 1.54) is 0 Å². The van der Waals surface area contributed by atoms with E-state index in [-0.39, 0.29) is 11.9 Å². The van der Waals surface area contributed by atoms with Crippen molar-refractivity contribution in [3.05, 3.63) is 42.4 Å². The molecular formula is C16H21N5O. The van der Waals surface area contributed by atoms with E-state index >= 15 is 0 Å². The molecule has 0 N–H and O–H groups in total. The van der Waals surface area contributed by atoms with E-state index in [0.717, 1.165) is 31.7 Å². The maximum atomic E-state index is 12.8. The number of aromatic nitrogens is 3. The smallest absolute Gasteiger partial charge is 0.254 e. The number of hydrogen-bond acceptors (Lipinski definition) is 4. The largest absolute Gasteiger partial charge is 0.363 e. The van der Waals surface area contributed by atoms with Crippen LogP contribution in [0.4, 0.5) is 5.82 Å². The summed E-state index contributed by atoms with van der Waals surface area (Å²) in [6.07, 6.45) is 7.48. The van der Waals surface area contributed by atoms with Crippen molar-refractivity contribution in [2.75, 3.05) is 25.5 Å². The molecule has 1 aliphatic heterocycles. The van der Waals surface area contributed by atoms with E-state index in [1.807, 2.05) is 46.9 Å². The zero-order chi connectivity index (χ0) is 15.5. The fourth-order valence-electron chi connectivity index (χ4n) is 2.88. The molecule has 1 fully saturated rings. The predicted molar refractivity (Wildman–Crippen MR) is 84.8 cm³/mol. The van der Waals surface area contributed by atoms with Gasteiger partial charge in [-0.25, -0.2) is 4.98 Å². The number of nitrogens with zero attached hydrogens (tertiary/aromatic N) is 5. The minimum Gasteiger partial charge on any atom is -0.363 e. The third kappa shape index (κ3) is 2.95. The highest BCUT2D eigenvalue weighted by molar-refractivity contribution is 5.95. The Kier molecular flexibility index (Phi) is 4.09. The fourth-order valence-corrected chi connectivity index (χ4v) is 2.88. The number of rotatable bonds is 4. The highest BCUT2D eigenvalue weighted by Crippen LogP contribution is 2.22. The van der Waals surface area contributed by atoms with Crippen molar-refractivity contribution < 1.29 is 4.79 Å². The lowest BCUT2D eigenvalue weighted by molar-refractivity contribution is 0.0721. The van der Waals surface area contributed by atoms with Crippen LogP contribution >= 0.6 is 0 Å². The third-order valence-electron chi connectivity index (χ3n) is 4.05. The Morgan fingerprint density at radius 2 is 2.27 bits per heavy atom. The van der Waals surface area contributed by atoms with Crippen LogP contribution in [0.15, 0.2) is 36.8 Å². The number of carbonyl (C=O) groups is 1. The van der Waals surface area contributed by atoms with Crippen molar-refractivity contribution in [3.8, 4) is 0 Å². The van der Waals surface area contributed by atoms with Crippen molar-refractivity contribution in [3.63, 3.8) is 0 Å². The maximum Gasteiger partial charge on any atom is 0.254 e. The first kappa shape index (κ1) is 14.6. The molecule has 0 spiro atoms. The number of carbonyl (C=O) groups excluding carboxylic acids is 1. The first-order valence-electron chi connectivity index (χ1n) is 7.57. The van der Waals surface area contributed by atoms with Crippen LogP contribution in [0.3, 0.4) is 0 Å². The van der Waals surface area contributed by atoms with Gasteiger partial charge in [-0.2, -0.15) is 5.10 Å².